The average Bonchev–Trinajstić information content (AvgIpc) is 2.78. The van der Waals surface area contributed by atoms with E-state index in [-0.39, 0.29) is 12.8 Å². The average molecular weight is 445 g/mol. The van der Waals surface area contributed by atoms with Crippen molar-refractivity contribution in [2.45, 2.75) is 70.1 Å². The molecule has 0 saturated carbocycles. The van der Waals surface area contributed by atoms with Crippen molar-refractivity contribution in [3.05, 3.63) is 82.4 Å². The molecule has 0 heterocycles. The molecule has 6 N–H and O–H groups in total. The van der Waals surface area contributed by atoms with E-state index in [0.29, 0.717) is 5.56 Å². The fourth-order valence-corrected chi connectivity index (χ4v) is 4.13. The first-order valence-corrected chi connectivity index (χ1v) is 10.7. The van der Waals surface area contributed by atoms with Crippen molar-refractivity contribution >= 4 is 0 Å². The zero-order valence-electron chi connectivity index (χ0n) is 19.3. The zero-order chi connectivity index (χ0) is 24.3. The van der Waals surface area contributed by atoms with Crippen LogP contribution in [-0.2, 0) is 12.8 Å². The van der Waals surface area contributed by atoms with Crippen LogP contribution in [0, 0.1) is 27.7 Å². The molecule has 2 aromatic rings. The third kappa shape index (κ3) is 5.12. The number of aliphatic hydroxyl groups is 6. The number of rotatable bonds is 10. The van der Waals surface area contributed by atoms with Crippen molar-refractivity contribution in [1.82, 2.24) is 0 Å². The van der Waals surface area contributed by atoms with E-state index < -0.39 is 36.1 Å². The van der Waals surface area contributed by atoms with Gasteiger partial charge in [-0.15, -0.1) is 6.58 Å². The van der Waals surface area contributed by atoms with Crippen molar-refractivity contribution in [2.24, 2.45) is 0 Å². The SMILES string of the molecule is C=CC(O)(Cc1cccc(C)c1C)[C@@H](O)[C@@](O)(Cc1cccc(C)c1C)[C@H](O)[C@@H](O)CO. The lowest BCUT2D eigenvalue weighted by Gasteiger charge is -2.45. The molecule has 6 heteroatoms. The van der Waals surface area contributed by atoms with Crippen molar-refractivity contribution in [3.8, 4) is 0 Å². The third-order valence-electron chi connectivity index (χ3n) is 6.75. The Kier molecular flexibility index (Phi) is 8.39. The Morgan fingerprint density at radius 2 is 1.31 bits per heavy atom. The molecule has 0 aromatic heterocycles. The van der Waals surface area contributed by atoms with Gasteiger partial charge >= 0.3 is 0 Å². The fourth-order valence-electron chi connectivity index (χ4n) is 4.13. The van der Waals surface area contributed by atoms with Crippen LogP contribution in [0.5, 0.6) is 0 Å². The van der Waals surface area contributed by atoms with Crippen LogP contribution in [-0.4, -0.2) is 66.8 Å². The maximum Gasteiger partial charge on any atom is 0.126 e. The van der Waals surface area contributed by atoms with Gasteiger partial charge in [-0.25, -0.2) is 0 Å². The van der Waals surface area contributed by atoms with Crippen molar-refractivity contribution in [2.75, 3.05) is 6.61 Å². The minimum absolute atomic E-state index is 0.0672. The highest BCUT2D eigenvalue weighted by atomic mass is 16.4. The smallest absolute Gasteiger partial charge is 0.126 e. The maximum atomic E-state index is 11.6. The lowest BCUT2D eigenvalue weighted by atomic mass is 9.72. The van der Waals surface area contributed by atoms with E-state index in [0.717, 1.165) is 33.9 Å². The van der Waals surface area contributed by atoms with Crippen LogP contribution in [0.3, 0.4) is 0 Å². The highest BCUT2D eigenvalue weighted by Crippen LogP contribution is 2.34. The van der Waals surface area contributed by atoms with E-state index in [1.165, 1.54) is 0 Å². The molecule has 0 aliphatic carbocycles. The molecule has 0 amide bonds. The summed E-state index contributed by atoms with van der Waals surface area (Å²) in [6, 6.07) is 11.0. The molecule has 5 atom stereocenters. The van der Waals surface area contributed by atoms with Crippen LogP contribution >= 0.6 is 0 Å². The van der Waals surface area contributed by atoms with Crippen molar-refractivity contribution in [3.63, 3.8) is 0 Å². The Bertz CT molecular complexity index is 942. The molecule has 0 saturated heterocycles. The van der Waals surface area contributed by atoms with Gasteiger partial charge < -0.3 is 30.6 Å². The van der Waals surface area contributed by atoms with Gasteiger partial charge in [0.25, 0.3) is 0 Å². The zero-order valence-corrected chi connectivity index (χ0v) is 19.3. The van der Waals surface area contributed by atoms with Gasteiger partial charge in [-0.05, 0) is 61.1 Å². The van der Waals surface area contributed by atoms with Crippen molar-refractivity contribution in [1.29, 1.82) is 0 Å². The van der Waals surface area contributed by atoms with Crippen LogP contribution in [0.1, 0.15) is 33.4 Å². The van der Waals surface area contributed by atoms with Crippen LogP contribution < -0.4 is 0 Å². The van der Waals surface area contributed by atoms with Gasteiger partial charge in [-0.2, -0.15) is 0 Å². The van der Waals surface area contributed by atoms with Crippen LogP contribution in [0.25, 0.3) is 0 Å². The maximum absolute atomic E-state index is 11.6. The first-order chi connectivity index (χ1) is 14.9. The number of hydrogen-bond acceptors (Lipinski definition) is 6. The summed E-state index contributed by atoms with van der Waals surface area (Å²) in [4.78, 5) is 0. The van der Waals surface area contributed by atoms with E-state index in [2.05, 4.69) is 6.58 Å². The molecule has 0 aliphatic rings. The van der Waals surface area contributed by atoms with Gasteiger partial charge in [-0.3, -0.25) is 0 Å². The van der Waals surface area contributed by atoms with E-state index in [1.807, 2.05) is 52.0 Å². The normalized spacial score (nSPS) is 18.3. The summed E-state index contributed by atoms with van der Waals surface area (Å²) >= 11 is 0. The summed E-state index contributed by atoms with van der Waals surface area (Å²) in [6.45, 7) is 10.4. The van der Waals surface area contributed by atoms with Crippen molar-refractivity contribution < 1.29 is 30.6 Å². The molecule has 32 heavy (non-hydrogen) atoms. The number of hydrogen-bond donors (Lipinski definition) is 6. The third-order valence-corrected chi connectivity index (χ3v) is 6.75. The molecule has 176 valence electrons. The van der Waals surface area contributed by atoms with Gasteiger partial charge in [0, 0.05) is 12.8 Å². The molecule has 2 aromatic carbocycles. The molecule has 0 radical (unpaired) electrons. The largest absolute Gasteiger partial charge is 0.394 e. The van der Waals surface area contributed by atoms with Gasteiger partial charge in [0.05, 0.1) is 6.61 Å². The quantitative estimate of drug-likeness (QED) is 0.308. The van der Waals surface area contributed by atoms with Gasteiger partial charge in [-0.1, -0.05) is 42.5 Å². The minimum atomic E-state index is -2.39. The monoisotopic (exact) mass is 444 g/mol. The van der Waals surface area contributed by atoms with E-state index >= 15 is 0 Å². The number of aliphatic hydroxyl groups excluding tert-OH is 4. The number of aryl methyl sites for hydroxylation is 2. The Hall–Kier alpha value is -2.06. The molecule has 0 fully saturated rings. The molecular formula is C26H36O6. The summed E-state index contributed by atoms with van der Waals surface area (Å²) in [5.41, 5.74) is 0.694. The Morgan fingerprint density at radius 3 is 1.75 bits per heavy atom. The summed E-state index contributed by atoms with van der Waals surface area (Å²) in [5.74, 6) is 0. The van der Waals surface area contributed by atoms with Gasteiger partial charge in [0.2, 0.25) is 0 Å². The fraction of sp³-hybridized carbons (Fsp3) is 0.462. The second-order valence-corrected chi connectivity index (χ2v) is 8.86. The summed E-state index contributed by atoms with van der Waals surface area (Å²) in [5, 5.41) is 64.7. The molecular weight excluding hydrogens is 408 g/mol. The molecule has 1 unspecified atom stereocenters. The van der Waals surface area contributed by atoms with Crippen LogP contribution in [0.2, 0.25) is 0 Å². The molecule has 0 aliphatic heterocycles. The molecule has 0 spiro atoms. The van der Waals surface area contributed by atoms with E-state index in [4.69, 9.17) is 0 Å². The molecule has 0 bridgehead atoms. The second kappa shape index (κ2) is 10.3. The van der Waals surface area contributed by atoms with Crippen LogP contribution in [0.4, 0.5) is 0 Å². The second-order valence-electron chi connectivity index (χ2n) is 8.86. The Labute approximate surface area is 190 Å². The van der Waals surface area contributed by atoms with Gasteiger partial charge in [0.15, 0.2) is 0 Å². The summed E-state index contributed by atoms with van der Waals surface area (Å²) in [7, 11) is 0. The molecule has 6 nitrogen and oxygen atoms in total. The Balaban J connectivity index is 2.55. The predicted octanol–water partition coefficient (Wildman–Crippen LogP) is 1.43. The predicted molar refractivity (Wildman–Crippen MR) is 124 cm³/mol. The summed E-state index contributed by atoms with van der Waals surface area (Å²) < 4.78 is 0. The van der Waals surface area contributed by atoms with E-state index in [9.17, 15) is 30.6 Å². The highest BCUT2D eigenvalue weighted by Gasteiger charge is 2.53. The lowest BCUT2D eigenvalue weighted by molar-refractivity contribution is -0.218. The topological polar surface area (TPSA) is 121 Å². The first kappa shape index (κ1) is 26.2. The Morgan fingerprint density at radius 1 is 0.844 bits per heavy atom. The number of benzene rings is 2. The molecule has 2 rings (SSSR count). The van der Waals surface area contributed by atoms with E-state index in [1.54, 1.807) is 12.1 Å². The highest BCUT2D eigenvalue weighted by molar-refractivity contribution is 5.37. The van der Waals surface area contributed by atoms with Gasteiger partial charge in [0.1, 0.15) is 29.5 Å². The standard InChI is InChI=1S/C26H36O6/c1-6-25(31,13-20-11-7-9-16(2)18(20)4)24(30)26(32,23(29)22(28)15-27)14-21-12-8-10-17(3)19(21)5/h6-12,22-24,27-32H,1,13-15H2,2-5H3/t22-,23+,24+,25?,26+/m0/s1. The summed E-state index contributed by atoms with van der Waals surface area (Å²) in [6.07, 6.45) is -4.78. The lowest BCUT2D eigenvalue weighted by Crippen LogP contribution is -2.66. The minimum Gasteiger partial charge on any atom is -0.394 e. The first-order valence-electron chi connectivity index (χ1n) is 10.7. The van der Waals surface area contributed by atoms with Crippen LogP contribution in [0.15, 0.2) is 49.1 Å².